The van der Waals surface area contributed by atoms with Crippen molar-refractivity contribution in [3.8, 4) is 0 Å². The van der Waals surface area contributed by atoms with Gasteiger partial charge in [0.25, 0.3) is 0 Å². The number of benzene rings is 1. The SMILES string of the molecule is CC(CCN)Cc1cc(C(C)(C)C)cc(F)c1Cl. The van der Waals surface area contributed by atoms with Crippen molar-refractivity contribution in [3.05, 3.63) is 34.1 Å². The van der Waals surface area contributed by atoms with Crippen molar-refractivity contribution < 1.29 is 4.39 Å². The average Bonchev–Trinajstić information content (AvgIpc) is 2.23. The van der Waals surface area contributed by atoms with E-state index in [9.17, 15) is 4.39 Å². The number of rotatable bonds is 4. The minimum Gasteiger partial charge on any atom is -0.330 e. The van der Waals surface area contributed by atoms with Crippen LogP contribution in [0.1, 0.15) is 45.2 Å². The highest BCUT2D eigenvalue weighted by Crippen LogP contribution is 2.30. The van der Waals surface area contributed by atoms with E-state index < -0.39 is 0 Å². The molecule has 0 saturated carbocycles. The first-order chi connectivity index (χ1) is 8.25. The Hall–Kier alpha value is -0.600. The summed E-state index contributed by atoms with van der Waals surface area (Å²) in [6, 6.07) is 3.57. The van der Waals surface area contributed by atoms with Crippen LogP contribution >= 0.6 is 11.6 Å². The number of hydrogen-bond acceptors (Lipinski definition) is 1. The maximum atomic E-state index is 13.8. The standard InChI is InChI=1S/C15H23ClFN/c1-10(5-6-18)7-11-8-12(15(2,3)4)9-13(17)14(11)16/h8-10H,5-7,18H2,1-4H3. The summed E-state index contributed by atoms with van der Waals surface area (Å²) in [5.41, 5.74) is 7.35. The molecule has 1 aromatic carbocycles. The van der Waals surface area contributed by atoms with Gasteiger partial charge in [-0.05, 0) is 47.9 Å². The van der Waals surface area contributed by atoms with E-state index in [2.05, 4.69) is 27.7 Å². The van der Waals surface area contributed by atoms with Crippen molar-refractivity contribution in [1.29, 1.82) is 0 Å². The summed E-state index contributed by atoms with van der Waals surface area (Å²) in [7, 11) is 0. The summed E-state index contributed by atoms with van der Waals surface area (Å²) in [5, 5.41) is 0.256. The number of halogens is 2. The van der Waals surface area contributed by atoms with Gasteiger partial charge in [0, 0.05) is 0 Å². The Morgan fingerprint density at radius 3 is 2.44 bits per heavy atom. The Bertz CT molecular complexity index is 410. The van der Waals surface area contributed by atoms with Gasteiger partial charge in [-0.2, -0.15) is 0 Å². The summed E-state index contributed by atoms with van der Waals surface area (Å²) in [6.45, 7) is 8.99. The van der Waals surface area contributed by atoms with Crippen LogP contribution in [-0.2, 0) is 11.8 Å². The molecule has 0 aromatic heterocycles. The second-order valence-corrected chi connectivity index (χ2v) is 6.45. The average molecular weight is 272 g/mol. The smallest absolute Gasteiger partial charge is 0.142 e. The topological polar surface area (TPSA) is 26.0 Å². The van der Waals surface area contributed by atoms with Gasteiger partial charge in [-0.15, -0.1) is 0 Å². The van der Waals surface area contributed by atoms with Crippen LogP contribution in [0.4, 0.5) is 4.39 Å². The molecule has 0 saturated heterocycles. The molecule has 1 atom stereocenters. The number of nitrogens with two attached hydrogens (primary N) is 1. The highest BCUT2D eigenvalue weighted by Gasteiger charge is 2.19. The van der Waals surface area contributed by atoms with Gasteiger partial charge < -0.3 is 5.73 Å². The summed E-state index contributed by atoms with van der Waals surface area (Å²) in [4.78, 5) is 0. The second-order valence-electron chi connectivity index (χ2n) is 6.07. The van der Waals surface area contributed by atoms with E-state index in [1.54, 1.807) is 6.07 Å². The molecule has 1 unspecified atom stereocenters. The maximum Gasteiger partial charge on any atom is 0.142 e. The van der Waals surface area contributed by atoms with Gasteiger partial charge in [0.1, 0.15) is 5.82 Å². The zero-order chi connectivity index (χ0) is 13.9. The fourth-order valence-corrected chi connectivity index (χ4v) is 2.18. The molecule has 0 bridgehead atoms. The molecule has 0 amide bonds. The van der Waals surface area contributed by atoms with Crippen LogP contribution in [0.25, 0.3) is 0 Å². The Morgan fingerprint density at radius 2 is 1.94 bits per heavy atom. The van der Waals surface area contributed by atoms with Crippen LogP contribution in [0.15, 0.2) is 12.1 Å². The van der Waals surface area contributed by atoms with Crippen LogP contribution < -0.4 is 5.73 Å². The lowest BCUT2D eigenvalue weighted by atomic mass is 9.85. The molecular weight excluding hydrogens is 249 g/mol. The van der Waals surface area contributed by atoms with E-state index in [4.69, 9.17) is 17.3 Å². The lowest BCUT2D eigenvalue weighted by Crippen LogP contribution is -2.14. The first-order valence-electron chi connectivity index (χ1n) is 6.44. The molecular formula is C15H23ClFN. The summed E-state index contributed by atoms with van der Waals surface area (Å²) in [6.07, 6.45) is 1.70. The number of hydrogen-bond donors (Lipinski definition) is 1. The highest BCUT2D eigenvalue weighted by atomic mass is 35.5. The molecule has 18 heavy (non-hydrogen) atoms. The van der Waals surface area contributed by atoms with Gasteiger partial charge in [0.05, 0.1) is 5.02 Å². The van der Waals surface area contributed by atoms with Gasteiger partial charge in [-0.1, -0.05) is 45.4 Å². The molecule has 1 rings (SSSR count). The molecule has 0 fully saturated rings. The fraction of sp³-hybridized carbons (Fsp3) is 0.600. The van der Waals surface area contributed by atoms with Crippen LogP contribution in [0.2, 0.25) is 5.02 Å². The lowest BCUT2D eigenvalue weighted by Gasteiger charge is -2.22. The first kappa shape index (κ1) is 15.5. The Kier molecular flexibility index (Phi) is 5.18. The van der Waals surface area contributed by atoms with Crippen molar-refractivity contribution in [2.24, 2.45) is 11.7 Å². The second kappa shape index (κ2) is 6.03. The summed E-state index contributed by atoms with van der Waals surface area (Å²) >= 11 is 6.05. The van der Waals surface area contributed by atoms with Crippen LogP contribution in [0, 0.1) is 11.7 Å². The Labute approximate surface area is 115 Å². The third kappa shape index (κ3) is 3.96. The van der Waals surface area contributed by atoms with Crippen molar-refractivity contribution in [1.82, 2.24) is 0 Å². The monoisotopic (exact) mass is 271 g/mol. The molecule has 102 valence electrons. The predicted octanol–water partition coefficient (Wildman–Crippen LogP) is 4.30. The quantitative estimate of drug-likeness (QED) is 0.868. The highest BCUT2D eigenvalue weighted by molar-refractivity contribution is 6.31. The molecule has 0 spiro atoms. The van der Waals surface area contributed by atoms with Gasteiger partial charge in [0.2, 0.25) is 0 Å². The van der Waals surface area contributed by atoms with E-state index >= 15 is 0 Å². The van der Waals surface area contributed by atoms with E-state index in [-0.39, 0.29) is 16.3 Å². The molecule has 0 radical (unpaired) electrons. The van der Waals surface area contributed by atoms with Crippen molar-refractivity contribution >= 4 is 11.6 Å². The van der Waals surface area contributed by atoms with E-state index in [0.29, 0.717) is 12.5 Å². The first-order valence-corrected chi connectivity index (χ1v) is 6.82. The van der Waals surface area contributed by atoms with Crippen molar-refractivity contribution in [2.75, 3.05) is 6.54 Å². The minimum atomic E-state index is -0.320. The third-order valence-corrected chi connectivity index (χ3v) is 3.62. The van der Waals surface area contributed by atoms with Crippen LogP contribution in [-0.4, -0.2) is 6.54 Å². The molecule has 0 aliphatic heterocycles. The van der Waals surface area contributed by atoms with E-state index in [1.165, 1.54) is 0 Å². The lowest BCUT2D eigenvalue weighted by molar-refractivity contribution is 0.530. The van der Waals surface area contributed by atoms with E-state index in [0.717, 1.165) is 24.0 Å². The summed E-state index contributed by atoms with van der Waals surface area (Å²) in [5.74, 6) is 0.0983. The van der Waals surface area contributed by atoms with E-state index in [1.807, 2.05) is 6.07 Å². The zero-order valence-electron chi connectivity index (χ0n) is 11.7. The molecule has 1 aromatic rings. The molecule has 3 heteroatoms. The molecule has 2 N–H and O–H groups in total. The molecule has 0 aliphatic carbocycles. The third-order valence-electron chi connectivity index (χ3n) is 3.20. The van der Waals surface area contributed by atoms with Gasteiger partial charge in [0.15, 0.2) is 0 Å². The molecule has 0 heterocycles. The van der Waals surface area contributed by atoms with Gasteiger partial charge in [-0.25, -0.2) is 4.39 Å². The van der Waals surface area contributed by atoms with Crippen LogP contribution in [0.3, 0.4) is 0 Å². The Morgan fingerprint density at radius 1 is 1.33 bits per heavy atom. The van der Waals surface area contributed by atoms with Crippen molar-refractivity contribution in [3.63, 3.8) is 0 Å². The van der Waals surface area contributed by atoms with Crippen molar-refractivity contribution in [2.45, 2.75) is 46.0 Å². The molecule has 0 aliphatic rings. The largest absolute Gasteiger partial charge is 0.330 e. The maximum absolute atomic E-state index is 13.8. The predicted molar refractivity (Wildman–Crippen MR) is 76.6 cm³/mol. The summed E-state index contributed by atoms with van der Waals surface area (Å²) < 4.78 is 13.8. The fourth-order valence-electron chi connectivity index (χ4n) is 1.99. The van der Waals surface area contributed by atoms with Crippen LogP contribution in [0.5, 0.6) is 0 Å². The van der Waals surface area contributed by atoms with Gasteiger partial charge in [-0.3, -0.25) is 0 Å². The molecule has 1 nitrogen and oxygen atoms in total. The minimum absolute atomic E-state index is 0.0721. The van der Waals surface area contributed by atoms with Gasteiger partial charge >= 0.3 is 0 Å². The zero-order valence-corrected chi connectivity index (χ0v) is 12.4. The Balaban J connectivity index is 3.07. The normalized spacial score (nSPS) is 13.7.